The van der Waals surface area contributed by atoms with Crippen LogP contribution in [0.1, 0.15) is 25.0 Å². The molecule has 1 fully saturated rings. The van der Waals surface area contributed by atoms with Crippen LogP contribution in [-0.2, 0) is 0 Å². The average Bonchev–Trinajstić information content (AvgIpc) is 2.74. The lowest BCUT2D eigenvalue weighted by Gasteiger charge is -2.25. The lowest BCUT2D eigenvalue weighted by molar-refractivity contribution is 0.199. The van der Waals surface area contributed by atoms with Crippen LogP contribution in [0, 0.1) is 5.92 Å². The van der Waals surface area contributed by atoms with E-state index in [1.165, 1.54) is 25.2 Å². The van der Waals surface area contributed by atoms with Gasteiger partial charge in [0.25, 0.3) is 0 Å². The molecule has 1 aromatic rings. The van der Waals surface area contributed by atoms with E-state index in [2.05, 4.69) is 45.9 Å². The maximum atomic E-state index is 9.60. The number of likely N-dealkylation sites (tertiary alicyclic amines) is 1. The van der Waals surface area contributed by atoms with Gasteiger partial charge in [0.15, 0.2) is 0 Å². The molecule has 2 atom stereocenters. The Labute approximate surface area is 124 Å². The fourth-order valence-electron chi connectivity index (χ4n) is 2.75. The van der Waals surface area contributed by atoms with E-state index in [1.807, 2.05) is 12.1 Å². The third-order valence-electron chi connectivity index (χ3n) is 3.89. The first kappa shape index (κ1) is 14.8. The first-order valence-corrected chi connectivity index (χ1v) is 7.64. The van der Waals surface area contributed by atoms with Crippen LogP contribution in [0.4, 0.5) is 5.69 Å². The number of hydrogen-bond donors (Lipinski definition) is 1. The van der Waals surface area contributed by atoms with E-state index < -0.39 is 6.10 Å². The molecule has 1 N–H and O–H groups in total. The van der Waals surface area contributed by atoms with Gasteiger partial charge in [0.1, 0.15) is 0 Å². The largest absolute Gasteiger partial charge is 0.389 e. The Bertz CT molecular complexity index is 436. The molecule has 4 heteroatoms. The second-order valence-electron chi connectivity index (χ2n) is 5.68. The molecular weight excluding hydrogens is 304 g/mol. The molecule has 1 heterocycles. The second kappa shape index (κ2) is 6.25. The third kappa shape index (κ3) is 3.71. The Morgan fingerprint density at radius 1 is 1.53 bits per heavy atom. The Morgan fingerprint density at radius 3 is 2.79 bits per heavy atom. The van der Waals surface area contributed by atoms with Crippen molar-refractivity contribution in [2.24, 2.45) is 5.92 Å². The standard InChI is InChI=1S/C15H23BrN2O/c1-11(19)13-4-5-15(14(16)8-13)18(3)10-12-6-7-17(2)9-12/h4-5,8,11-12,19H,6-7,9-10H2,1-3H3/t11-,12?/m0/s1. The van der Waals surface area contributed by atoms with Gasteiger partial charge in [0, 0.05) is 24.6 Å². The Morgan fingerprint density at radius 2 is 2.26 bits per heavy atom. The molecule has 1 aliphatic rings. The minimum absolute atomic E-state index is 0.417. The maximum Gasteiger partial charge on any atom is 0.0762 e. The summed E-state index contributed by atoms with van der Waals surface area (Å²) in [7, 11) is 4.33. The van der Waals surface area contributed by atoms with Gasteiger partial charge in [-0.05, 0) is 66.5 Å². The smallest absolute Gasteiger partial charge is 0.0762 e. The zero-order chi connectivity index (χ0) is 14.0. The summed E-state index contributed by atoms with van der Waals surface area (Å²) in [5.41, 5.74) is 2.14. The Kier molecular flexibility index (Phi) is 4.87. The van der Waals surface area contributed by atoms with E-state index in [9.17, 15) is 5.11 Å². The molecule has 0 aliphatic carbocycles. The molecule has 3 nitrogen and oxygen atoms in total. The summed E-state index contributed by atoms with van der Waals surface area (Å²) in [4.78, 5) is 4.70. The SMILES string of the molecule is C[C@H](O)c1ccc(N(C)CC2CCN(C)C2)c(Br)c1. The monoisotopic (exact) mass is 326 g/mol. The molecule has 0 bridgehead atoms. The van der Waals surface area contributed by atoms with Crippen molar-refractivity contribution in [3.8, 4) is 0 Å². The predicted octanol–water partition coefficient (Wildman–Crippen LogP) is 2.89. The topological polar surface area (TPSA) is 26.7 Å². The van der Waals surface area contributed by atoms with Crippen molar-refractivity contribution in [2.45, 2.75) is 19.4 Å². The highest BCUT2D eigenvalue weighted by Crippen LogP contribution is 2.30. The van der Waals surface area contributed by atoms with Gasteiger partial charge in [-0.25, -0.2) is 0 Å². The van der Waals surface area contributed by atoms with Gasteiger partial charge in [-0.3, -0.25) is 0 Å². The lowest BCUT2D eigenvalue weighted by atomic mass is 10.1. The van der Waals surface area contributed by atoms with Gasteiger partial charge in [-0.15, -0.1) is 0 Å². The van der Waals surface area contributed by atoms with Crippen LogP contribution in [0.15, 0.2) is 22.7 Å². The van der Waals surface area contributed by atoms with Gasteiger partial charge >= 0.3 is 0 Å². The van der Waals surface area contributed by atoms with E-state index >= 15 is 0 Å². The summed E-state index contributed by atoms with van der Waals surface area (Å²) in [5.74, 6) is 0.748. The summed E-state index contributed by atoms with van der Waals surface area (Å²) in [6.07, 6.45) is 0.864. The second-order valence-corrected chi connectivity index (χ2v) is 6.54. The van der Waals surface area contributed by atoms with Crippen LogP contribution < -0.4 is 4.90 Å². The molecular formula is C15H23BrN2O. The molecule has 0 aromatic heterocycles. The number of aliphatic hydroxyl groups excluding tert-OH is 1. The predicted molar refractivity (Wildman–Crippen MR) is 83.6 cm³/mol. The number of benzene rings is 1. The highest BCUT2D eigenvalue weighted by Gasteiger charge is 2.21. The maximum absolute atomic E-state index is 9.60. The number of anilines is 1. The summed E-state index contributed by atoms with van der Waals surface area (Å²) in [5, 5.41) is 9.60. The van der Waals surface area contributed by atoms with Crippen LogP contribution in [0.5, 0.6) is 0 Å². The number of nitrogens with zero attached hydrogens (tertiary/aromatic N) is 2. The highest BCUT2D eigenvalue weighted by molar-refractivity contribution is 9.10. The first-order chi connectivity index (χ1) is 8.97. The summed E-state index contributed by atoms with van der Waals surface area (Å²) in [6.45, 7) is 5.27. The molecule has 1 aliphatic heterocycles. The van der Waals surface area contributed by atoms with E-state index in [-0.39, 0.29) is 0 Å². The molecule has 1 aromatic carbocycles. The molecule has 0 amide bonds. The van der Waals surface area contributed by atoms with Crippen molar-refractivity contribution in [1.29, 1.82) is 0 Å². The average molecular weight is 327 g/mol. The van der Waals surface area contributed by atoms with Crippen LogP contribution in [0.3, 0.4) is 0 Å². The third-order valence-corrected chi connectivity index (χ3v) is 4.52. The number of hydrogen-bond acceptors (Lipinski definition) is 3. The number of aliphatic hydroxyl groups is 1. The molecule has 2 rings (SSSR count). The van der Waals surface area contributed by atoms with Crippen LogP contribution in [0.2, 0.25) is 0 Å². The molecule has 1 unspecified atom stereocenters. The summed E-state index contributed by atoms with van der Waals surface area (Å²) in [6, 6.07) is 6.10. The minimum atomic E-state index is -0.417. The van der Waals surface area contributed by atoms with Gasteiger partial charge in [0.2, 0.25) is 0 Å². The van der Waals surface area contributed by atoms with E-state index in [0.29, 0.717) is 0 Å². The van der Waals surface area contributed by atoms with Gasteiger partial charge < -0.3 is 14.9 Å². The van der Waals surface area contributed by atoms with Crippen molar-refractivity contribution in [1.82, 2.24) is 4.90 Å². The number of halogens is 1. The van der Waals surface area contributed by atoms with Crippen LogP contribution in [0.25, 0.3) is 0 Å². The normalized spacial score (nSPS) is 21.6. The molecule has 19 heavy (non-hydrogen) atoms. The quantitative estimate of drug-likeness (QED) is 0.921. The fraction of sp³-hybridized carbons (Fsp3) is 0.600. The van der Waals surface area contributed by atoms with Crippen LogP contribution >= 0.6 is 15.9 Å². The van der Waals surface area contributed by atoms with Crippen molar-refractivity contribution < 1.29 is 5.11 Å². The lowest BCUT2D eigenvalue weighted by Crippen LogP contribution is -2.27. The zero-order valence-electron chi connectivity index (χ0n) is 11.9. The van der Waals surface area contributed by atoms with Crippen molar-refractivity contribution in [2.75, 3.05) is 38.6 Å². The van der Waals surface area contributed by atoms with Crippen molar-refractivity contribution >= 4 is 21.6 Å². The van der Waals surface area contributed by atoms with E-state index in [1.54, 1.807) is 6.92 Å². The van der Waals surface area contributed by atoms with Gasteiger partial charge in [0.05, 0.1) is 11.8 Å². The van der Waals surface area contributed by atoms with Crippen molar-refractivity contribution in [3.05, 3.63) is 28.2 Å². The van der Waals surface area contributed by atoms with Gasteiger partial charge in [-0.2, -0.15) is 0 Å². The fourth-order valence-corrected chi connectivity index (χ4v) is 3.45. The van der Waals surface area contributed by atoms with Crippen molar-refractivity contribution in [3.63, 3.8) is 0 Å². The summed E-state index contributed by atoms with van der Waals surface area (Å²) >= 11 is 3.61. The Balaban J connectivity index is 2.04. The molecule has 1 saturated heterocycles. The highest BCUT2D eigenvalue weighted by atomic mass is 79.9. The van der Waals surface area contributed by atoms with E-state index in [4.69, 9.17) is 0 Å². The molecule has 0 radical (unpaired) electrons. The molecule has 0 saturated carbocycles. The summed E-state index contributed by atoms with van der Waals surface area (Å²) < 4.78 is 1.06. The first-order valence-electron chi connectivity index (χ1n) is 6.84. The van der Waals surface area contributed by atoms with Crippen LogP contribution in [-0.4, -0.2) is 43.7 Å². The zero-order valence-corrected chi connectivity index (χ0v) is 13.5. The molecule has 106 valence electrons. The van der Waals surface area contributed by atoms with E-state index in [0.717, 1.165) is 22.5 Å². The van der Waals surface area contributed by atoms with Gasteiger partial charge in [-0.1, -0.05) is 6.07 Å². The molecule has 0 spiro atoms. The number of rotatable bonds is 4. The minimum Gasteiger partial charge on any atom is -0.389 e. The Hall–Kier alpha value is -0.580.